The summed E-state index contributed by atoms with van der Waals surface area (Å²) in [5.41, 5.74) is 7.30. The van der Waals surface area contributed by atoms with E-state index >= 15 is 0 Å². The molecule has 24 heavy (non-hydrogen) atoms. The number of benzene rings is 1. The first-order valence-corrected chi connectivity index (χ1v) is 8.62. The van der Waals surface area contributed by atoms with E-state index in [0.717, 1.165) is 17.4 Å². The summed E-state index contributed by atoms with van der Waals surface area (Å²) in [7, 11) is -4.04. The molecule has 0 saturated carbocycles. The molecule has 0 aliphatic heterocycles. The third kappa shape index (κ3) is 3.97. The number of hydrogen-bond donors (Lipinski definition) is 3. The zero-order valence-corrected chi connectivity index (χ0v) is 14.1. The lowest BCUT2D eigenvalue weighted by Gasteiger charge is -2.16. The molecule has 10 heteroatoms. The number of rotatable bonds is 4. The van der Waals surface area contributed by atoms with Crippen LogP contribution in [0.2, 0.25) is 0 Å². The van der Waals surface area contributed by atoms with E-state index in [9.17, 15) is 13.2 Å². The van der Waals surface area contributed by atoms with E-state index in [-0.39, 0.29) is 10.8 Å². The lowest BCUT2D eigenvalue weighted by molar-refractivity contribution is 0.0195. The third-order valence-electron chi connectivity index (χ3n) is 2.99. The van der Waals surface area contributed by atoms with Gasteiger partial charge < -0.3 is 10.7 Å². The molecule has 1 heterocycles. The van der Waals surface area contributed by atoms with Crippen LogP contribution in [0.1, 0.15) is 21.7 Å². The van der Waals surface area contributed by atoms with E-state index in [2.05, 4.69) is 14.3 Å². The van der Waals surface area contributed by atoms with Crippen molar-refractivity contribution in [2.24, 2.45) is 5.73 Å². The minimum absolute atomic E-state index is 0.0923. The van der Waals surface area contributed by atoms with E-state index < -0.39 is 22.0 Å². The molecule has 0 bridgehead atoms. The number of aryl methyl sites for hydroxylation is 2. The second-order valence-corrected chi connectivity index (χ2v) is 6.75. The van der Waals surface area contributed by atoms with Crippen LogP contribution in [-0.2, 0) is 14.4 Å². The van der Waals surface area contributed by atoms with Gasteiger partial charge in [0.25, 0.3) is 10.1 Å². The molecule has 4 N–H and O–H groups in total. The van der Waals surface area contributed by atoms with E-state index in [1.165, 1.54) is 0 Å². The summed E-state index contributed by atoms with van der Waals surface area (Å²) in [5.74, 6) is -1.40. The first-order chi connectivity index (χ1) is 11.1. The molecule has 1 amide bonds. The van der Waals surface area contributed by atoms with Crippen LogP contribution in [-0.4, -0.2) is 41.6 Å². The zero-order chi connectivity index (χ0) is 18.1. The summed E-state index contributed by atoms with van der Waals surface area (Å²) in [6.07, 6.45) is 0.742. The number of imidazole rings is 1. The molecule has 2 aromatic rings. The normalized spacial score (nSPS) is 11.3. The van der Waals surface area contributed by atoms with Gasteiger partial charge in [0.2, 0.25) is 5.96 Å². The number of nitrogens with one attached hydrogen (secondary N) is 2. The van der Waals surface area contributed by atoms with E-state index in [1.54, 1.807) is 6.92 Å². The van der Waals surface area contributed by atoms with Gasteiger partial charge in [-0.25, -0.2) is 4.98 Å². The smallest absolute Gasteiger partial charge is 0.306 e. The molecule has 0 aliphatic carbocycles. The van der Waals surface area contributed by atoms with Gasteiger partial charge in [0.05, 0.1) is 6.26 Å². The second-order valence-electron chi connectivity index (χ2n) is 5.19. The average molecular weight is 351 g/mol. The predicted octanol–water partition coefficient (Wildman–Crippen LogP) is 0.920. The van der Waals surface area contributed by atoms with Crippen molar-refractivity contribution in [2.45, 2.75) is 13.8 Å². The molecule has 0 unspecified atom stereocenters. The Morgan fingerprint density at radius 1 is 1.38 bits per heavy atom. The highest BCUT2D eigenvalue weighted by molar-refractivity contribution is 7.85. The molecule has 2 rings (SSSR count). The van der Waals surface area contributed by atoms with Crippen LogP contribution in [0.25, 0.3) is 11.4 Å². The Balaban J connectivity index is 2.41. The Hall–Kier alpha value is -2.72. The first kappa shape index (κ1) is 17.6. The highest BCUT2D eigenvalue weighted by Crippen LogP contribution is 2.20. The molecule has 0 fully saturated rings. The number of hydroxylamine groups is 2. The maximum atomic E-state index is 12.4. The van der Waals surface area contributed by atoms with Crippen LogP contribution in [0.3, 0.4) is 0 Å². The van der Waals surface area contributed by atoms with Crippen LogP contribution in [0, 0.1) is 19.3 Å². The molecular formula is C14H17N5O4S. The summed E-state index contributed by atoms with van der Waals surface area (Å²) >= 11 is 0. The molecule has 0 radical (unpaired) electrons. The molecule has 0 aliphatic rings. The molecule has 128 valence electrons. The number of H-pyrrole nitrogens is 1. The fraction of sp³-hybridized carbons (Fsp3) is 0.214. The molecule has 1 aromatic carbocycles. The third-order valence-corrected chi connectivity index (χ3v) is 3.41. The van der Waals surface area contributed by atoms with Gasteiger partial charge >= 0.3 is 5.91 Å². The minimum atomic E-state index is -4.04. The van der Waals surface area contributed by atoms with Gasteiger partial charge in [0.15, 0.2) is 5.69 Å². The van der Waals surface area contributed by atoms with Crippen molar-refractivity contribution in [2.75, 3.05) is 6.26 Å². The predicted molar refractivity (Wildman–Crippen MR) is 87.5 cm³/mol. The Morgan fingerprint density at radius 3 is 2.58 bits per heavy atom. The van der Waals surface area contributed by atoms with Gasteiger partial charge in [-0.05, 0) is 19.9 Å². The van der Waals surface area contributed by atoms with Crippen molar-refractivity contribution in [3.05, 3.63) is 41.2 Å². The van der Waals surface area contributed by atoms with E-state index in [0.29, 0.717) is 11.5 Å². The van der Waals surface area contributed by atoms with Crippen molar-refractivity contribution in [3.63, 3.8) is 0 Å². The van der Waals surface area contributed by atoms with Gasteiger partial charge in [0, 0.05) is 11.3 Å². The fourth-order valence-electron chi connectivity index (χ4n) is 2.01. The number of nitrogens with zero attached hydrogens (tertiary/aromatic N) is 2. The molecule has 9 nitrogen and oxygen atoms in total. The quantitative estimate of drug-likeness (QED) is 0.425. The van der Waals surface area contributed by atoms with Gasteiger partial charge in [-0.1, -0.05) is 23.8 Å². The molecule has 0 atom stereocenters. The largest absolute Gasteiger partial charge is 0.368 e. The number of carbonyl (C=O) groups excluding carboxylic acids is 1. The van der Waals surface area contributed by atoms with Gasteiger partial charge in [-0.3, -0.25) is 10.2 Å². The van der Waals surface area contributed by atoms with Crippen LogP contribution in [0.5, 0.6) is 0 Å². The average Bonchev–Trinajstić information content (AvgIpc) is 2.85. The lowest BCUT2D eigenvalue weighted by atomic mass is 10.1. The Kier molecular flexibility index (Phi) is 4.71. The monoisotopic (exact) mass is 351 g/mol. The van der Waals surface area contributed by atoms with Crippen molar-refractivity contribution >= 4 is 22.0 Å². The van der Waals surface area contributed by atoms with E-state index in [4.69, 9.17) is 11.1 Å². The fourth-order valence-corrected chi connectivity index (χ4v) is 2.43. The number of guanidine groups is 1. The number of nitrogens with two attached hydrogens (primary N) is 1. The molecular weight excluding hydrogens is 334 g/mol. The lowest BCUT2D eigenvalue weighted by Crippen LogP contribution is -2.42. The molecule has 0 spiro atoms. The van der Waals surface area contributed by atoms with Gasteiger partial charge in [-0.2, -0.15) is 8.42 Å². The SMILES string of the molecule is Cc1cccc(-c2nc(C(=O)N(OS(C)(=O)=O)C(=N)N)c(C)[nH]2)c1. The number of carbonyl (C=O) groups is 1. The van der Waals surface area contributed by atoms with Crippen molar-refractivity contribution in [1.82, 2.24) is 15.0 Å². The number of aromatic nitrogens is 2. The number of hydrogen-bond acceptors (Lipinski definition) is 6. The van der Waals surface area contributed by atoms with E-state index in [1.807, 2.05) is 31.2 Å². The second kappa shape index (κ2) is 6.42. The Morgan fingerprint density at radius 2 is 2.04 bits per heavy atom. The summed E-state index contributed by atoms with van der Waals surface area (Å²) < 4.78 is 26.9. The molecule has 0 saturated heterocycles. The highest BCUT2D eigenvalue weighted by Gasteiger charge is 2.28. The maximum absolute atomic E-state index is 12.4. The van der Waals surface area contributed by atoms with Gasteiger partial charge in [-0.15, -0.1) is 9.35 Å². The maximum Gasteiger partial charge on any atom is 0.306 e. The number of aromatic amines is 1. The first-order valence-electron chi connectivity index (χ1n) is 6.80. The number of amides is 1. The summed E-state index contributed by atoms with van der Waals surface area (Å²) in [6, 6.07) is 7.46. The Bertz CT molecular complexity index is 904. The molecule has 1 aromatic heterocycles. The van der Waals surface area contributed by atoms with Crippen molar-refractivity contribution in [1.29, 1.82) is 5.41 Å². The van der Waals surface area contributed by atoms with Crippen LogP contribution < -0.4 is 5.73 Å². The van der Waals surface area contributed by atoms with Crippen LogP contribution in [0.4, 0.5) is 0 Å². The zero-order valence-electron chi connectivity index (χ0n) is 13.3. The Labute approximate surface area is 139 Å². The van der Waals surface area contributed by atoms with Crippen LogP contribution in [0.15, 0.2) is 24.3 Å². The van der Waals surface area contributed by atoms with Crippen molar-refractivity contribution < 1.29 is 17.5 Å². The van der Waals surface area contributed by atoms with Crippen LogP contribution >= 0.6 is 0 Å². The topological polar surface area (TPSA) is 142 Å². The summed E-state index contributed by atoms with van der Waals surface area (Å²) in [5, 5.41) is 7.52. The highest BCUT2D eigenvalue weighted by atomic mass is 32.2. The minimum Gasteiger partial charge on any atom is -0.368 e. The summed E-state index contributed by atoms with van der Waals surface area (Å²) in [4.78, 5) is 19.6. The summed E-state index contributed by atoms with van der Waals surface area (Å²) in [6.45, 7) is 3.51. The van der Waals surface area contributed by atoms with Gasteiger partial charge in [0.1, 0.15) is 5.82 Å². The standard InChI is InChI=1S/C14H17N5O4S/c1-8-5-4-6-10(7-8)12-17-9(2)11(18-12)13(20)19(14(15)16)23-24(3,21)22/h4-7H,1-3H3,(H3,15,16)(H,17,18). The van der Waals surface area contributed by atoms with Crippen molar-refractivity contribution in [3.8, 4) is 11.4 Å².